The summed E-state index contributed by atoms with van der Waals surface area (Å²) in [5.41, 5.74) is 3.39. The molecule has 8 heteroatoms. The molecular weight excluding hydrogens is 446 g/mol. The van der Waals surface area contributed by atoms with Gasteiger partial charge in [-0.25, -0.2) is 9.97 Å². The van der Waals surface area contributed by atoms with Crippen LogP contribution in [0.3, 0.4) is 0 Å². The van der Waals surface area contributed by atoms with Crippen LogP contribution in [-0.2, 0) is 4.79 Å². The summed E-state index contributed by atoms with van der Waals surface area (Å²) in [6.45, 7) is 1.41. The van der Waals surface area contributed by atoms with E-state index in [1.54, 1.807) is 13.3 Å². The van der Waals surface area contributed by atoms with Gasteiger partial charge in [-0.2, -0.15) is 0 Å². The van der Waals surface area contributed by atoms with Gasteiger partial charge in [-0.15, -0.1) is 0 Å². The highest BCUT2D eigenvalue weighted by Crippen LogP contribution is 2.31. The van der Waals surface area contributed by atoms with Gasteiger partial charge in [0.25, 0.3) is 0 Å². The number of H-pyrrole nitrogens is 1. The summed E-state index contributed by atoms with van der Waals surface area (Å²) in [6.07, 6.45) is 7.01. The van der Waals surface area contributed by atoms with Crippen molar-refractivity contribution in [2.45, 2.75) is 32.1 Å². The Morgan fingerprint density at radius 3 is 2.73 bits per heavy atom. The van der Waals surface area contributed by atoms with Crippen molar-refractivity contribution in [3.05, 3.63) is 34.9 Å². The van der Waals surface area contributed by atoms with Crippen LogP contribution in [0.1, 0.15) is 32.1 Å². The van der Waals surface area contributed by atoms with Crippen molar-refractivity contribution in [2.24, 2.45) is 5.92 Å². The van der Waals surface area contributed by atoms with Gasteiger partial charge in [0.15, 0.2) is 5.65 Å². The molecule has 158 valence electrons. The largest absolute Gasteiger partial charge is 0.497 e. The molecule has 1 aliphatic rings. The van der Waals surface area contributed by atoms with E-state index in [4.69, 9.17) is 4.74 Å². The van der Waals surface area contributed by atoms with Gasteiger partial charge in [0.1, 0.15) is 17.1 Å². The molecular formula is C22H26BrN5O2. The lowest BCUT2D eigenvalue weighted by atomic mass is 10.1. The number of halogens is 1. The number of hydrogen-bond donors (Lipinski definition) is 3. The fourth-order valence-electron chi connectivity index (χ4n) is 3.84. The van der Waals surface area contributed by atoms with E-state index >= 15 is 0 Å². The average molecular weight is 472 g/mol. The Bertz CT molecular complexity index is 1010. The van der Waals surface area contributed by atoms with Crippen molar-refractivity contribution >= 4 is 38.7 Å². The first-order valence-corrected chi connectivity index (χ1v) is 11.1. The number of carbonyl (C=O) groups excluding carboxylic acids is 1. The molecule has 30 heavy (non-hydrogen) atoms. The summed E-state index contributed by atoms with van der Waals surface area (Å²) >= 11 is 3.58. The Labute approximate surface area is 184 Å². The molecule has 0 bridgehead atoms. The molecule has 7 nitrogen and oxygen atoms in total. The number of ether oxygens (including phenoxy) is 1. The molecule has 0 atom stereocenters. The molecule has 1 saturated carbocycles. The molecule has 3 N–H and O–H groups in total. The molecule has 0 unspecified atom stereocenters. The molecule has 0 spiro atoms. The van der Waals surface area contributed by atoms with Crippen LogP contribution in [0.15, 0.2) is 34.9 Å². The lowest BCUT2D eigenvalue weighted by Crippen LogP contribution is -2.30. The van der Waals surface area contributed by atoms with E-state index in [1.807, 2.05) is 24.3 Å². The van der Waals surface area contributed by atoms with Gasteiger partial charge in [0.2, 0.25) is 5.91 Å². The number of hydrogen-bond acceptors (Lipinski definition) is 5. The topological polar surface area (TPSA) is 91.9 Å². The van der Waals surface area contributed by atoms with Gasteiger partial charge >= 0.3 is 0 Å². The van der Waals surface area contributed by atoms with E-state index in [1.165, 1.54) is 12.8 Å². The molecule has 1 amide bonds. The molecule has 0 radical (unpaired) electrons. The maximum atomic E-state index is 12.1. The monoisotopic (exact) mass is 471 g/mol. The molecule has 3 aromatic rings. The number of aromatic amines is 1. The number of carbonyl (C=O) groups is 1. The maximum absolute atomic E-state index is 12.1. The normalized spacial score (nSPS) is 14.2. The lowest BCUT2D eigenvalue weighted by Gasteiger charge is -2.12. The number of anilines is 1. The third-order valence-corrected chi connectivity index (χ3v) is 6.12. The summed E-state index contributed by atoms with van der Waals surface area (Å²) in [7, 11) is 1.65. The van der Waals surface area contributed by atoms with Crippen LogP contribution < -0.4 is 15.4 Å². The van der Waals surface area contributed by atoms with Crippen LogP contribution in [0.25, 0.3) is 22.6 Å². The van der Waals surface area contributed by atoms with E-state index in [0.29, 0.717) is 12.2 Å². The highest BCUT2D eigenvalue weighted by Gasteiger charge is 2.21. The van der Waals surface area contributed by atoms with Crippen molar-refractivity contribution in [3.8, 4) is 17.1 Å². The summed E-state index contributed by atoms with van der Waals surface area (Å²) in [5.74, 6) is 1.98. The number of fused-ring (bicyclic) bond motifs is 1. The summed E-state index contributed by atoms with van der Waals surface area (Å²) in [4.78, 5) is 24.5. The Hall–Kier alpha value is -2.61. The highest BCUT2D eigenvalue weighted by molar-refractivity contribution is 9.10. The minimum absolute atomic E-state index is 0.206. The molecule has 1 aliphatic carbocycles. The summed E-state index contributed by atoms with van der Waals surface area (Å²) in [5, 5.41) is 6.52. The smallest absolute Gasteiger partial charge is 0.223 e. The van der Waals surface area contributed by atoms with E-state index in [9.17, 15) is 4.79 Å². The number of pyridine rings is 1. The second kappa shape index (κ2) is 9.47. The molecule has 0 aliphatic heterocycles. The quantitative estimate of drug-likeness (QED) is 0.420. The van der Waals surface area contributed by atoms with Crippen LogP contribution in [-0.4, -0.2) is 41.1 Å². The molecule has 0 saturated heterocycles. The maximum Gasteiger partial charge on any atom is 0.223 e. The third-order valence-electron chi connectivity index (χ3n) is 5.52. The van der Waals surface area contributed by atoms with E-state index in [-0.39, 0.29) is 11.8 Å². The van der Waals surface area contributed by atoms with Gasteiger partial charge < -0.3 is 20.4 Å². The van der Waals surface area contributed by atoms with Crippen molar-refractivity contribution in [1.29, 1.82) is 0 Å². The van der Waals surface area contributed by atoms with Gasteiger partial charge in [-0.05, 0) is 59.5 Å². The molecule has 2 heterocycles. The molecule has 1 fully saturated rings. The number of benzene rings is 1. The Kier molecular flexibility index (Phi) is 6.52. The van der Waals surface area contributed by atoms with Gasteiger partial charge in [0, 0.05) is 30.8 Å². The zero-order chi connectivity index (χ0) is 20.9. The average Bonchev–Trinajstić information content (AvgIpc) is 3.45. The van der Waals surface area contributed by atoms with Gasteiger partial charge in [-0.3, -0.25) is 4.79 Å². The predicted molar refractivity (Wildman–Crippen MR) is 122 cm³/mol. The number of rotatable bonds is 8. The second-order valence-electron chi connectivity index (χ2n) is 7.55. The van der Waals surface area contributed by atoms with E-state index < -0.39 is 0 Å². The number of imidazole rings is 1. The number of methoxy groups -OCH3 is 1. The number of amides is 1. The Morgan fingerprint density at radius 1 is 1.23 bits per heavy atom. The van der Waals surface area contributed by atoms with Gasteiger partial charge in [-0.1, -0.05) is 12.8 Å². The van der Waals surface area contributed by atoms with Crippen LogP contribution in [0.4, 0.5) is 5.69 Å². The van der Waals surface area contributed by atoms with Crippen molar-refractivity contribution < 1.29 is 9.53 Å². The van der Waals surface area contributed by atoms with E-state index in [0.717, 1.165) is 58.6 Å². The van der Waals surface area contributed by atoms with Gasteiger partial charge in [0.05, 0.1) is 17.3 Å². The summed E-state index contributed by atoms with van der Waals surface area (Å²) in [6, 6.07) is 7.74. The van der Waals surface area contributed by atoms with Crippen LogP contribution in [0.2, 0.25) is 0 Å². The minimum atomic E-state index is 0.206. The van der Waals surface area contributed by atoms with Crippen LogP contribution in [0, 0.1) is 5.92 Å². The summed E-state index contributed by atoms with van der Waals surface area (Å²) < 4.78 is 6.09. The van der Waals surface area contributed by atoms with Crippen LogP contribution >= 0.6 is 15.9 Å². The number of aromatic nitrogens is 3. The lowest BCUT2D eigenvalue weighted by molar-refractivity contribution is -0.124. The predicted octanol–water partition coefficient (Wildman–Crippen LogP) is 4.50. The minimum Gasteiger partial charge on any atom is -0.497 e. The Balaban J connectivity index is 1.39. The fraction of sp³-hybridized carbons (Fsp3) is 0.409. The SMILES string of the molecule is COc1ccc(-c2nc3ncc(Br)c(NCCCNC(=O)C4CCCC4)c3[nH]2)cc1. The van der Waals surface area contributed by atoms with E-state index in [2.05, 4.69) is 41.5 Å². The molecule has 2 aromatic heterocycles. The Morgan fingerprint density at radius 2 is 2.00 bits per heavy atom. The first-order valence-electron chi connectivity index (χ1n) is 10.4. The zero-order valence-corrected chi connectivity index (χ0v) is 18.6. The third kappa shape index (κ3) is 4.59. The van der Waals surface area contributed by atoms with Crippen LogP contribution in [0.5, 0.6) is 5.75 Å². The molecule has 1 aromatic carbocycles. The second-order valence-corrected chi connectivity index (χ2v) is 8.40. The van der Waals surface area contributed by atoms with Crippen molar-refractivity contribution in [3.63, 3.8) is 0 Å². The number of nitrogens with one attached hydrogen (secondary N) is 3. The van der Waals surface area contributed by atoms with Crippen molar-refractivity contribution in [1.82, 2.24) is 20.3 Å². The highest BCUT2D eigenvalue weighted by atomic mass is 79.9. The first-order chi connectivity index (χ1) is 14.7. The molecule has 4 rings (SSSR count). The number of nitrogens with zero attached hydrogens (tertiary/aromatic N) is 2. The first kappa shape index (κ1) is 20.7. The zero-order valence-electron chi connectivity index (χ0n) is 17.0. The fourth-order valence-corrected chi connectivity index (χ4v) is 4.28. The standard InChI is InChI=1S/C22H26BrN5O2/c1-30-16-9-7-14(8-10-16)20-27-19-18(17(23)13-26-21(19)28-20)24-11-4-12-25-22(29)15-5-2-3-6-15/h7-10,13,15H,2-6,11-12H2,1H3,(H,25,29)(H2,24,26,27,28). The van der Waals surface area contributed by atoms with Crippen molar-refractivity contribution in [2.75, 3.05) is 25.5 Å².